The highest BCUT2D eigenvalue weighted by Crippen LogP contribution is 1.71. The summed E-state index contributed by atoms with van der Waals surface area (Å²) in [7, 11) is 0. The van der Waals surface area contributed by atoms with Gasteiger partial charge in [-0.05, 0) is 25.9 Å². The van der Waals surface area contributed by atoms with Crippen LogP contribution in [0.15, 0.2) is 0 Å². The highest BCUT2D eigenvalue weighted by molar-refractivity contribution is 4.40. The molecule has 0 spiro atoms. The van der Waals surface area contributed by atoms with Gasteiger partial charge in [-0.1, -0.05) is 13.8 Å². The summed E-state index contributed by atoms with van der Waals surface area (Å²) in [5.74, 6) is 0. The van der Waals surface area contributed by atoms with E-state index >= 15 is 0 Å². The van der Waals surface area contributed by atoms with Gasteiger partial charge in [-0.2, -0.15) is 0 Å². The molecule has 0 amide bonds. The number of hydrogen-bond donors (Lipinski definition) is 4. The second kappa shape index (κ2) is 18.6. The molecule has 0 rings (SSSR count). The first-order valence-corrected chi connectivity index (χ1v) is 5.46. The molecule has 0 aliphatic heterocycles. The van der Waals surface area contributed by atoms with E-state index in [0.29, 0.717) is 13.1 Å². The van der Waals surface area contributed by atoms with Crippen molar-refractivity contribution < 1.29 is 10.2 Å². The maximum Gasteiger partial charge on any atom is 0.0555 e. The Morgan fingerprint density at radius 1 is 0.714 bits per heavy atom. The fraction of sp³-hybridized carbons (Fsp3) is 1.00. The lowest BCUT2D eigenvalue weighted by atomic mass is 10.4. The molecule has 4 nitrogen and oxygen atoms in total. The van der Waals surface area contributed by atoms with Gasteiger partial charge in [0.05, 0.1) is 13.2 Å². The summed E-state index contributed by atoms with van der Waals surface area (Å²) in [6, 6.07) is 0. The zero-order valence-electron chi connectivity index (χ0n) is 9.55. The predicted octanol–water partition coefficient (Wildman–Crippen LogP) is -0.0434. The summed E-state index contributed by atoms with van der Waals surface area (Å²) in [6.07, 6.45) is 2.50. The highest BCUT2D eigenvalue weighted by atomic mass is 16.3. The van der Waals surface area contributed by atoms with E-state index in [-0.39, 0.29) is 13.2 Å². The van der Waals surface area contributed by atoms with Gasteiger partial charge in [0.2, 0.25) is 0 Å². The first-order valence-electron chi connectivity index (χ1n) is 5.46. The topological polar surface area (TPSA) is 64.5 Å². The molecular weight excluding hydrogens is 180 g/mol. The van der Waals surface area contributed by atoms with Crippen LogP contribution in [0.1, 0.15) is 26.7 Å². The van der Waals surface area contributed by atoms with Gasteiger partial charge in [-0.15, -0.1) is 0 Å². The minimum Gasteiger partial charge on any atom is -0.395 e. The number of aliphatic hydroxyl groups is 2. The van der Waals surface area contributed by atoms with Gasteiger partial charge in [-0.25, -0.2) is 0 Å². The van der Waals surface area contributed by atoms with Crippen molar-refractivity contribution in [1.82, 2.24) is 10.6 Å². The molecule has 88 valence electrons. The van der Waals surface area contributed by atoms with Gasteiger partial charge < -0.3 is 20.8 Å². The van der Waals surface area contributed by atoms with Crippen LogP contribution < -0.4 is 10.6 Å². The summed E-state index contributed by atoms with van der Waals surface area (Å²) in [6.45, 7) is 8.13. The van der Waals surface area contributed by atoms with Crippen LogP contribution in [0.4, 0.5) is 0 Å². The monoisotopic (exact) mass is 206 g/mol. The van der Waals surface area contributed by atoms with E-state index in [9.17, 15) is 0 Å². The Morgan fingerprint density at radius 3 is 1.36 bits per heavy atom. The molecule has 0 heterocycles. The van der Waals surface area contributed by atoms with Crippen LogP contribution in [0.2, 0.25) is 0 Å². The van der Waals surface area contributed by atoms with Gasteiger partial charge in [0.25, 0.3) is 0 Å². The Kier molecular flexibility index (Phi) is 21.6. The Morgan fingerprint density at radius 2 is 1.07 bits per heavy atom. The van der Waals surface area contributed by atoms with Crippen molar-refractivity contribution in [3.8, 4) is 0 Å². The van der Waals surface area contributed by atoms with E-state index in [2.05, 4.69) is 24.5 Å². The SMILES string of the molecule is CCCNCCC.OCCNCCO. The second-order valence-electron chi connectivity index (χ2n) is 2.95. The average Bonchev–Trinajstić information content (AvgIpc) is 2.21. The number of hydrogen-bond acceptors (Lipinski definition) is 4. The van der Waals surface area contributed by atoms with Crippen molar-refractivity contribution in [1.29, 1.82) is 0 Å². The average molecular weight is 206 g/mol. The molecule has 0 radical (unpaired) electrons. The Bertz CT molecular complexity index is 64.5. The van der Waals surface area contributed by atoms with E-state index in [4.69, 9.17) is 10.2 Å². The molecule has 0 aliphatic rings. The molecule has 14 heavy (non-hydrogen) atoms. The zero-order chi connectivity index (χ0) is 11.1. The number of nitrogens with one attached hydrogen (secondary N) is 2. The fourth-order valence-corrected chi connectivity index (χ4v) is 0.762. The van der Waals surface area contributed by atoms with Crippen molar-refractivity contribution >= 4 is 0 Å². The van der Waals surface area contributed by atoms with Crippen molar-refractivity contribution in [2.45, 2.75) is 26.7 Å². The summed E-state index contributed by atoms with van der Waals surface area (Å²) in [4.78, 5) is 0. The lowest BCUT2D eigenvalue weighted by molar-refractivity contribution is 0.267. The van der Waals surface area contributed by atoms with Crippen LogP contribution in [0.3, 0.4) is 0 Å². The van der Waals surface area contributed by atoms with Crippen molar-refractivity contribution in [3.63, 3.8) is 0 Å². The molecule has 0 aromatic carbocycles. The number of aliphatic hydroxyl groups excluding tert-OH is 2. The smallest absolute Gasteiger partial charge is 0.0555 e. The van der Waals surface area contributed by atoms with E-state index in [1.807, 2.05) is 0 Å². The standard InChI is InChI=1S/C6H15N.C4H11NO2/c1-3-5-7-6-4-2;6-3-1-5-2-4-7/h7H,3-6H2,1-2H3;5-7H,1-4H2. The Balaban J connectivity index is 0. The summed E-state index contributed by atoms with van der Waals surface area (Å²) in [5.41, 5.74) is 0. The summed E-state index contributed by atoms with van der Waals surface area (Å²) >= 11 is 0. The van der Waals surface area contributed by atoms with E-state index in [1.165, 1.54) is 25.9 Å². The Labute approximate surface area is 87.7 Å². The van der Waals surface area contributed by atoms with Crippen LogP contribution in [-0.4, -0.2) is 49.6 Å². The van der Waals surface area contributed by atoms with Gasteiger partial charge >= 0.3 is 0 Å². The normalized spacial score (nSPS) is 9.43. The molecule has 0 fully saturated rings. The third-order valence-electron chi connectivity index (χ3n) is 1.43. The lowest BCUT2D eigenvalue weighted by Gasteiger charge is -1.95. The first-order chi connectivity index (χ1) is 6.83. The molecule has 4 heteroatoms. The van der Waals surface area contributed by atoms with Gasteiger partial charge in [0.1, 0.15) is 0 Å². The maximum atomic E-state index is 8.15. The second-order valence-corrected chi connectivity index (χ2v) is 2.95. The third kappa shape index (κ3) is 22.6. The van der Waals surface area contributed by atoms with Gasteiger partial charge in [-0.3, -0.25) is 0 Å². The predicted molar refractivity (Wildman–Crippen MR) is 60.5 cm³/mol. The first kappa shape index (κ1) is 16.3. The summed E-state index contributed by atoms with van der Waals surface area (Å²) < 4.78 is 0. The molecule has 0 bridgehead atoms. The van der Waals surface area contributed by atoms with E-state index < -0.39 is 0 Å². The van der Waals surface area contributed by atoms with Crippen molar-refractivity contribution in [2.24, 2.45) is 0 Å². The fourth-order valence-electron chi connectivity index (χ4n) is 0.762. The minimum atomic E-state index is 0.139. The maximum absolute atomic E-state index is 8.15. The minimum absolute atomic E-state index is 0.139. The van der Waals surface area contributed by atoms with E-state index in [0.717, 1.165) is 0 Å². The van der Waals surface area contributed by atoms with Crippen LogP contribution in [-0.2, 0) is 0 Å². The van der Waals surface area contributed by atoms with Crippen LogP contribution in [0.5, 0.6) is 0 Å². The molecule has 0 atom stereocenters. The molecule has 0 aromatic rings. The van der Waals surface area contributed by atoms with Gasteiger partial charge in [0.15, 0.2) is 0 Å². The molecule has 0 saturated heterocycles. The van der Waals surface area contributed by atoms with Gasteiger partial charge in [0, 0.05) is 13.1 Å². The molecule has 0 unspecified atom stereocenters. The quantitative estimate of drug-likeness (QED) is 0.421. The number of rotatable bonds is 8. The van der Waals surface area contributed by atoms with Crippen LogP contribution in [0, 0.1) is 0 Å². The van der Waals surface area contributed by atoms with Crippen LogP contribution >= 0.6 is 0 Å². The third-order valence-corrected chi connectivity index (χ3v) is 1.43. The molecular formula is C10H26N2O2. The summed E-state index contributed by atoms with van der Waals surface area (Å²) in [5, 5.41) is 22.4. The van der Waals surface area contributed by atoms with E-state index in [1.54, 1.807) is 0 Å². The highest BCUT2D eigenvalue weighted by Gasteiger charge is 1.78. The Hall–Kier alpha value is -0.160. The lowest BCUT2D eigenvalue weighted by Crippen LogP contribution is -2.21. The molecule has 4 N–H and O–H groups in total. The van der Waals surface area contributed by atoms with Crippen molar-refractivity contribution in [3.05, 3.63) is 0 Å². The zero-order valence-corrected chi connectivity index (χ0v) is 9.55. The molecule has 0 aromatic heterocycles. The van der Waals surface area contributed by atoms with Crippen molar-refractivity contribution in [2.75, 3.05) is 39.4 Å². The molecule has 0 saturated carbocycles. The largest absolute Gasteiger partial charge is 0.395 e. The van der Waals surface area contributed by atoms with Crippen LogP contribution in [0.25, 0.3) is 0 Å². The molecule has 0 aliphatic carbocycles.